The molecule has 4 heterocycles. The summed E-state index contributed by atoms with van der Waals surface area (Å²) in [5.74, 6) is -0.0227. The molecular weight excluding hydrogens is 513 g/mol. The van der Waals surface area contributed by atoms with Crippen LogP contribution in [0.3, 0.4) is 0 Å². The summed E-state index contributed by atoms with van der Waals surface area (Å²) in [6.45, 7) is 1.94. The number of rotatable bonds is 7. The van der Waals surface area contributed by atoms with Crippen LogP contribution in [-0.4, -0.2) is 32.8 Å². The molecule has 1 aromatic carbocycles. The van der Waals surface area contributed by atoms with E-state index in [0.29, 0.717) is 38.0 Å². The van der Waals surface area contributed by atoms with E-state index in [4.69, 9.17) is 16.3 Å². The highest BCUT2D eigenvalue weighted by atomic mass is 35.5. The number of fused-ring (bicyclic) bond motifs is 1. The van der Waals surface area contributed by atoms with Crippen molar-refractivity contribution in [3.63, 3.8) is 0 Å². The van der Waals surface area contributed by atoms with Crippen molar-refractivity contribution in [2.75, 3.05) is 7.05 Å². The van der Waals surface area contributed by atoms with Crippen molar-refractivity contribution in [3.05, 3.63) is 103 Å². The van der Waals surface area contributed by atoms with E-state index in [1.165, 1.54) is 22.1 Å². The number of hydrogen-bond acceptors (Lipinski definition) is 7. The summed E-state index contributed by atoms with van der Waals surface area (Å²) in [5, 5.41) is 0.826. The minimum atomic E-state index is -0.517. The number of halogens is 2. The Kier molecular flexibility index (Phi) is 7.07. The number of para-hydroxylation sites is 1. The number of hydrogen-bond donors (Lipinski definition) is 0. The Morgan fingerprint density at radius 2 is 2.11 bits per heavy atom. The highest BCUT2D eigenvalue weighted by molar-refractivity contribution is 7.14. The molecule has 4 aromatic heterocycles. The summed E-state index contributed by atoms with van der Waals surface area (Å²) in [6, 6.07) is 10.9. The van der Waals surface area contributed by atoms with Crippen molar-refractivity contribution in [2.45, 2.75) is 20.1 Å². The predicted octanol–water partition coefficient (Wildman–Crippen LogP) is 5.69. The maximum absolute atomic E-state index is 14.9. The van der Waals surface area contributed by atoms with Gasteiger partial charge in [-0.3, -0.25) is 14.8 Å². The summed E-state index contributed by atoms with van der Waals surface area (Å²) in [5.41, 5.74) is 5.69. The van der Waals surface area contributed by atoms with Crippen LogP contribution in [0.2, 0.25) is 4.34 Å². The highest BCUT2D eigenvalue weighted by Gasteiger charge is 2.17. The maximum Gasteiger partial charge on any atom is 0.259 e. The lowest BCUT2D eigenvalue weighted by Crippen LogP contribution is -2.24. The van der Waals surface area contributed by atoms with Gasteiger partial charge < -0.3 is 9.30 Å². The summed E-state index contributed by atoms with van der Waals surface area (Å²) >= 11 is 7.73. The number of aromatic nitrogens is 4. The van der Waals surface area contributed by atoms with E-state index in [1.807, 2.05) is 25.1 Å². The monoisotopic (exact) mass is 533 g/mol. The quantitative estimate of drug-likeness (QED) is 0.251. The predicted molar refractivity (Wildman–Crippen MR) is 144 cm³/mol. The molecule has 0 N–H and O–H groups in total. The third-order valence-electron chi connectivity index (χ3n) is 5.83. The minimum absolute atomic E-state index is 0.0733. The SMILES string of the molecule is CN=Cc1cccn(Cc2cncc(F)c2COc2cccc3c(-c4ncsc4Cl)cc(C)nc23)c1=O. The number of pyridine rings is 3. The molecule has 0 bridgehead atoms. The third kappa shape index (κ3) is 5.00. The van der Waals surface area contributed by atoms with Crippen LogP contribution in [0.25, 0.3) is 22.2 Å². The lowest BCUT2D eigenvalue weighted by molar-refractivity contribution is 0.300. The smallest absolute Gasteiger partial charge is 0.259 e. The van der Waals surface area contributed by atoms with Gasteiger partial charge in [0.1, 0.15) is 33.7 Å². The van der Waals surface area contributed by atoms with Crippen molar-refractivity contribution in [2.24, 2.45) is 4.99 Å². The molecule has 0 radical (unpaired) electrons. The van der Waals surface area contributed by atoms with Gasteiger partial charge in [0.05, 0.1) is 23.8 Å². The zero-order chi connectivity index (χ0) is 25.9. The van der Waals surface area contributed by atoms with Gasteiger partial charge in [-0.05, 0) is 36.8 Å². The molecule has 10 heteroatoms. The van der Waals surface area contributed by atoms with Crippen LogP contribution < -0.4 is 10.3 Å². The molecule has 0 aliphatic carbocycles. The molecule has 7 nitrogen and oxygen atoms in total. The van der Waals surface area contributed by atoms with Crippen molar-refractivity contribution < 1.29 is 9.13 Å². The lowest BCUT2D eigenvalue weighted by atomic mass is 10.0. The van der Waals surface area contributed by atoms with Gasteiger partial charge in [-0.15, -0.1) is 11.3 Å². The van der Waals surface area contributed by atoms with Crippen molar-refractivity contribution in [3.8, 4) is 17.0 Å². The average Bonchev–Trinajstić information content (AvgIpc) is 3.31. The van der Waals surface area contributed by atoms with Gasteiger partial charge >= 0.3 is 0 Å². The fraction of sp³-hybridized carbons (Fsp3) is 0.148. The first-order valence-corrected chi connectivity index (χ1v) is 12.6. The van der Waals surface area contributed by atoms with Gasteiger partial charge in [0, 0.05) is 47.9 Å². The summed E-state index contributed by atoms with van der Waals surface area (Å²) in [7, 11) is 1.60. The Bertz CT molecular complexity index is 1700. The molecule has 0 aliphatic rings. The molecule has 0 saturated heterocycles. The Balaban J connectivity index is 1.50. The van der Waals surface area contributed by atoms with Crippen LogP contribution in [-0.2, 0) is 13.2 Å². The first-order valence-electron chi connectivity index (χ1n) is 11.3. The van der Waals surface area contributed by atoms with Crippen LogP contribution in [0.1, 0.15) is 22.4 Å². The number of aryl methyl sites for hydroxylation is 1. The van der Waals surface area contributed by atoms with Crippen LogP contribution in [0.5, 0.6) is 5.75 Å². The first kappa shape index (κ1) is 24.7. The zero-order valence-electron chi connectivity index (χ0n) is 20.0. The Morgan fingerprint density at radius 1 is 1.24 bits per heavy atom. The fourth-order valence-corrected chi connectivity index (χ4v) is 4.92. The highest BCUT2D eigenvalue weighted by Crippen LogP contribution is 2.37. The number of ether oxygens (including phenoxy) is 1. The number of thiazole rings is 1. The van der Waals surface area contributed by atoms with Crippen LogP contribution in [0.4, 0.5) is 4.39 Å². The molecular formula is C27H21ClFN5O2S. The van der Waals surface area contributed by atoms with Crippen molar-refractivity contribution in [1.29, 1.82) is 0 Å². The summed E-state index contributed by atoms with van der Waals surface area (Å²) < 4.78 is 23.1. The lowest BCUT2D eigenvalue weighted by Gasteiger charge is -2.15. The van der Waals surface area contributed by atoms with E-state index < -0.39 is 5.82 Å². The topological polar surface area (TPSA) is 82.3 Å². The third-order valence-corrected chi connectivity index (χ3v) is 6.89. The van der Waals surface area contributed by atoms with E-state index >= 15 is 0 Å². The van der Waals surface area contributed by atoms with Gasteiger partial charge in [-0.1, -0.05) is 23.7 Å². The fourth-order valence-electron chi connectivity index (χ4n) is 4.12. The van der Waals surface area contributed by atoms with E-state index in [2.05, 4.69) is 19.9 Å². The second-order valence-corrected chi connectivity index (χ2v) is 9.73. The Hall–Kier alpha value is -3.95. The number of benzene rings is 1. The van der Waals surface area contributed by atoms with Gasteiger partial charge in [-0.25, -0.2) is 14.4 Å². The standard InChI is InChI=1S/C27H21ClFN5O2S/c1-16-9-20(25-26(28)37-15-32-25)19-6-3-7-23(24(19)33-16)36-14-21-18(11-31-12-22(21)29)13-34-8-4-5-17(10-30-2)27(34)35/h3-12,15H,13-14H2,1-2H3. The van der Waals surface area contributed by atoms with E-state index in [-0.39, 0.29) is 18.7 Å². The van der Waals surface area contributed by atoms with Crippen molar-refractivity contribution in [1.82, 2.24) is 19.5 Å². The van der Waals surface area contributed by atoms with E-state index in [9.17, 15) is 9.18 Å². The van der Waals surface area contributed by atoms with Gasteiger partial charge in [0.2, 0.25) is 0 Å². The first-order chi connectivity index (χ1) is 18.0. The molecule has 0 atom stereocenters. The molecule has 5 aromatic rings. The summed E-state index contributed by atoms with van der Waals surface area (Å²) in [6.07, 6.45) is 5.82. The van der Waals surface area contributed by atoms with Gasteiger partial charge in [-0.2, -0.15) is 0 Å². The van der Waals surface area contributed by atoms with E-state index in [0.717, 1.165) is 22.8 Å². The minimum Gasteiger partial charge on any atom is -0.486 e. The second kappa shape index (κ2) is 10.6. The molecule has 5 rings (SSSR count). The van der Waals surface area contributed by atoms with Crippen molar-refractivity contribution >= 4 is 40.1 Å². The van der Waals surface area contributed by atoms with Crippen LogP contribution >= 0.6 is 22.9 Å². The van der Waals surface area contributed by atoms with Crippen LogP contribution in [0.15, 0.2) is 70.3 Å². The largest absolute Gasteiger partial charge is 0.486 e. The molecule has 0 fully saturated rings. The molecule has 0 unspecified atom stereocenters. The van der Waals surface area contributed by atoms with Crippen LogP contribution in [0, 0.1) is 12.7 Å². The number of nitrogens with zero attached hydrogens (tertiary/aromatic N) is 5. The van der Waals surface area contributed by atoms with Gasteiger partial charge in [0.15, 0.2) is 0 Å². The molecule has 0 amide bonds. The Labute approximate surface area is 220 Å². The van der Waals surface area contributed by atoms with E-state index in [1.54, 1.807) is 43.2 Å². The summed E-state index contributed by atoms with van der Waals surface area (Å²) in [4.78, 5) is 29.8. The molecule has 37 heavy (non-hydrogen) atoms. The van der Waals surface area contributed by atoms with Gasteiger partial charge in [0.25, 0.3) is 5.56 Å². The maximum atomic E-state index is 14.9. The normalized spacial score (nSPS) is 11.5. The molecule has 0 saturated carbocycles. The number of aliphatic imine (C=N–C) groups is 1. The molecule has 0 aliphatic heterocycles. The molecule has 186 valence electrons. The zero-order valence-corrected chi connectivity index (χ0v) is 21.6. The second-order valence-electron chi connectivity index (χ2n) is 8.27. The molecule has 0 spiro atoms. The average molecular weight is 534 g/mol. The Morgan fingerprint density at radius 3 is 2.89 bits per heavy atom.